The van der Waals surface area contributed by atoms with E-state index in [4.69, 9.17) is 4.74 Å². The number of likely N-dealkylation sites (N-methyl/N-ethyl adjacent to an activating group) is 1. The Kier molecular flexibility index (Phi) is 5.11. The molecule has 1 aromatic heterocycles. The fourth-order valence-electron chi connectivity index (χ4n) is 2.24. The Balaban J connectivity index is 1.77. The van der Waals surface area contributed by atoms with Gasteiger partial charge in [-0.3, -0.25) is 9.88 Å². The van der Waals surface area contributed by atoms with Crippen LogP contribution in [0.1, 0.15) is 25.6 Å². The van der Waals surface area contributed by atoms with Crippen LogP contribution in [0.2, 0.25) is 0 Å². The lowest BCUT2D eigenvalue weighted by Gasteiger charge is -2.32. The summed E-state index contributed by atoms with van der Waals surface area (Å²) < 4.78 is 5.77. The van der Waals surface area contributed by atoms with E-state index in [-0.39, 0.29) is 6.04 Å². The zero-order chi connectivity index (χ0) is 12.8. The first-order valence-corrected chi connectivity index (χ1v) is 6.78. The third-order valence-electron chi connectivity index (χ3n) is 3.45. The number of rotatable bonds is 5. The van der Waals surface area contributed by atoms with Gasteiger partial charge in [-0.2, -0.15) is 0 Å². The zero-order valence-electron chi connectivity index (χ0n) is 11.3. The molecule has 1 aliphatic rings. The van der Waals surface area contributed by atoms with E-state index < -0.39 is 0 Å². The summed E-state index contributed by atoms with van der Waals surface area (Å²) in [5.41, 5.74) is 1.08. The molecule has 2 rings (SSSR count). The summed E-state index contributed by atoms with van der Waals surface area (Å²) in [6.45, 7) is 9.26. The molecule has 4 heteroatoms. The van der Waals surface area contributed by atoms with Crippen molar-refractivity contribution in [1.82, 2.24) is 15.2 Å². The molecule has 0 amide bonds. The predicted octanol–water partition coefficient (Wildman–Crippen LogP) is 1.45. The van der Waals surface area contributed by atoms with Crippen LogP contribution in [0.25, 0.3) is 0 Å². The van der Waals surface area contributed by atoms with Gasteiger partial charge in [-0.1, -0.05) is 13.0 Å². The molecule has 4 nitrogen and oxygen atoms in total. The summed E-state index contributed by atoms with van der Waals surface area (Å²) in [6, 6.07) is 6.29. The summed E-state index contributed by atoms with van der Waals surface area (Å²) >= 11 is 0. The number of morpholine rings is 1. The summed E-state index contributed by atoms with van der Waals surface area (Å²) in [7, 11) is 0. The lowest BCUT2D eigenvalue weighted by Crippen LogP contribution is -2.46. The Morgan fingerprint density at radius 3 is 3.17 bits per heavy atom. The van der Waals surface area contributed by atoms with Crippen molar-refractivity contribution >= 4 is 0 Å². The minimum absolute atomic E-state index is 0.270. The van der Waals surface area contributed by atoms with Crippen LogP contribution < -0.4 is 5.32 Å². The average Bonchev–Trinajstić information content (AvgIpc) is 2.46. The third kappa shape index (κ3) is 3.77. The Bertz CT molecular complexity index is 344. The number of nitrogens with one attached hydrogen (secondary N) is 1. The van der Waals surface area contributed by atoms with Crippen molar-refractivity contribution in [2.75, 3.05) is 32.8 Å². The van der Waals surface area contributed by atoms with E-state index in [0.29, 0.717) is 6.10 Å². The molecule has 0 radical (unpaired) electrons. The lowest BCUT2D eigenvalue weighted by molar-refractivity contribution is -0.0262. The van der Waals surface area contributed by atoms with Crippen LogP contribution in [0.15, 0.2) is 24.4 Å². The first-order valence-electron chi connectivity index (χ1n) is 6.78. The molecule has 1 saturated heterocycles. The van der Waals surface area contributed by atoms with Crippen LogP contribution in [0.4, 0.5) is 0 Å². The summed E-state index contributed by atoms with van der Waals surface area (Å²) in [5, 5.41) is 3.50. The van der Waals surface area contributed by atoms with Crippen LogP contribution in [-0.2, 0) is 4.74 Å². The van der Waals surface area contributed by atoms with Crippen molar-refractivity contribution in [1.29, 1.82) is 0 Å². The SMILES string of the molecule is CCN1CCOC(CN[C@H](C)c2ccccn2)C1. The molecule has 0 spiro atoms. The highest BCUT2D eigenvalue weighted by atomic mass is 16.5. The van der Waals surface area contributed by atoms with E-state index in [1.807, 2.05) is 18.3 Å². The maximum atomic E-state index is 5.77. The van der Waals surface area contributed by atoms with E-state index in [1.54, 1.807) is 0 Å². The molecule has 18 heavy (non-hydrogen) atoms. The van der Waals surface area contributed by atoms with Crippen LogP contribution in [-0.4, -0.2) is 48.8 Å². The fourth-order valence-corrected chi connectivity index (χ4v) is 2.24. The van der Waals surface area contributed by atoms with Gasteiger partial charge in [-0.05, 0) is 25.6 Å². The molecule has 0 aliphatic carbocycles. The summed E-state index contributed by atoms with van der Waals surface area (Å²) in [5.74, 6) is 0. The van der Waals surface area contributed by atoms with Crippen LogP contribution in [0.5, 0.6) is 0 Å². The van der Waals surface area contributed by atoms with Crippen molar-refractivity contribution in [3.63, 3.8) is 0 Å². The molecular weight excluding hydrogens is 226 g/mol. The number of hydrogen-bond donors (Lipinski definition) is 1. The minimum Gasteiger partial charge on any atom is -0.374 e. The average molecular weight is 249 g/mol. The fraction of sp³-hybridized carbons (Fsp3) is 0.643. The molecule has 1 N–H and O–H groups in total. The Morgan fingerprint density at radius 2 is 2.44 bits per heavy atom. The Hall–Kier alpha value is -0.970. The van der Waals surface area contributed by atoms with Gasteiger partial charge in [0.15, 0.2) is 0 Å². The smallest absolute Gasteiger partial charge is 0.0826 e. The van der Waals surface area contributed by atoms with Crippen molar-refractivity contribution in [3.05, 3.63) is 30.1 Å². The molecule has 2 heterocycles. The Morgan fingerprint density at radius 1 is 1.56 bits per heavy atom. The second-order valence-corrected chi connectivity index (χ2v) is 4.77. The lowest BCUT2D eigenvalue weighted by atomic mass is 10.2. The number of aromatic nitrogens is 1. The number of hydrogen-bond acceptors (Lipinski definition) is 4. The van der Waals surface area contributed by atoms with E-state index in [9.17, 15) is 0 Å². The normalized spacial score (nSPS) is 22.9. The van der Waals surface area contributed by atoms with E-state index in [2.05, 4.69) is 35.1 Å². The quantitative estimate of drug-likeness (QED) is 0.857. The molecule has 2 atom stereocenters. The van der Waals surface area contributed by atoms with Gasteiger partial charge in [0, 0.05) is 31.9 Å². The number of nitrogens with zero attached hydrogens (tertiary/aromatic N) is 2. The zero-order valence-corrected chi connectivity index (χ0v) is 11.3. The molecular formula is C14H23N3O. The van der Waals surface area contributed by atoms with Crippen LogP contribution in [0, 0.1) is 0 Å². The van der Waals surface area contributed by atoms with Gasteiger partial charge >= 0.3 is 0 Å². The van der Waals surface area contributed by atoms with Crippen LogP contribution in [0.3, 0.4) is 0 Å². The first-order chi connectivity index (χ1) is 8.79. The van der Waals surface area contributed by atoms with Crippen molar-refractivity contribution in [2.45, 2.75) is 26.0 Å². The van der Waals surface area contributed by atoms with E-state index in [0.717, 1.165) is 38.5 Å². The summed E-state index contributed by atoms with van der Waals surface area (Å²) in [4.78, 5) is 6.79. The van der Waals surface area contributed by atoms with E-state index >= 15 is 0 Å². The second kappa shape index (κ2) is 6.83. The maximum Gasteiger partial charge on any atom is 0.0826 e. The van der Waals surface area contributed by atoms with Crippen molar-refractivity contribution < 1.29 is 4.74 Å². The topological polar surface area (TPSA) is 37.4 Å². The summed E-state index contributed by atoms with van der Waals surface area (Å²) in [6.07, 6.45) is 2.13. The van der Waals surface area contributed by atoms with Gasteiger partial charge in [0.2, 0.25) is 0 Å². The molecule has 1 unspecified atom stereocenters. The monoisotopic (exact) mass is 249 g/mol. The molecule has 0 aromatic carbocycles. The highest BCUT2D eigenvalue weighted by Crippen LogP contribution is 2.09. The first kappa shape index (κ1) is 13.5. The molecule has 0 saturated carbocycles. The standard InChI is InChI=1S/C14H23N3O/c1-3-17-8-9-18-13(11-17)10-16-12(2)14-6-4-5-7-15-14/h4-7,12-13,16H,3,8-11H2,1-2H3/t12-,13?/m1/s1. The Labute approximate surface area is 109 Å². The van der Waals surface area contributed by atoms with Crippen molar-refractivity contribution in [2.24, 2.45) is 0 Å². The predicted molar refractivity (Wildman–Crippen MR) is 72.5 cm³/mol. The van der Waals surface area contributed by atoms with Gasteiger partial charge in [0.25, 0.3) is 0 Å². The molecule has 1 aromatic rings. The molecule has 100 valence electrons. The van der Waals surface area contributed by atoms with Gasteiger partial charge in [0.1, 0.15) is 0 Å². The third-order valence-corrected chi connectivity index (χ3v) is 3.45. The van der Waals surface area contributed by atoms with Gasteiger partial charge < -0.3 is 10.1 Å². The highest BCUT2D eigenvalue weighted by Gasteiger charge is 2.19. The van der Waals surface area contributed by atoms with Crippen LogP contribution >= 0.6 is 0 Å². The molecule has 1 aliphatic heterocycles. The molecule has 0 bridgehead atoms. The molecule has 1 fully saturated rings. The van der Waals surface area contributed by atoms with Crippen molar-refractivity contribution in [3.8, 4) is 0 Å². The number of ether oxygens (including phenoxy) is 1. The largest absolute Gasteiger partial charge is 0.374 e. The van der Waals surface area contributed by atoms with Gasteiger partial charge in [0.05, 0.1) is 18.4 Å². The van der Waals surface area contributed by atoms with E-state index in [1.165, 1.54) is 0 Å². The highest BCUT2D eigenvalue weighted by molar-refractivity contribution is 5.07. The minimum atomic E-state index is 0.270. The number of pyridine rings is 1. The second-order valence-electron chi connectivity index (χ2n) is 4.77. The van der Waals surface area contributed by atoms with Gasteiger partial charge in [-0.15, -0.1) is 0 Å². The maximum absolute atomic E-state index is 5.77. The van der Waals surface area contributed by atoms with Gasteiger partial charge in [-0.25, -0.2) is 0 Å².